The fraction of sp³-hybridized carbons (Fsp3) is 0.0909. The third-order valence-electron chi connectivity index (χ3n) is 2.05. The molecule has 0 spiro atoms. The lowest BCUT2D eigenvalue weighted by molar-refractivity contribution is 1.03. The highest BCUT2D eigenvalue weighted by Crippen LogP contribution is 2.18. The predicted octanol–water partition coefficient (Wildman–Crippen LogP) is 2.85. The van der Waals surface area contributed by atoms with E-state index in [1.54, 1.807) is 0 Å². The summed E-state index contributed by atoms with van der Waals surface area (Å²) in [5.74, 6) is 0.710. The Balaban J connectivity index is 2.29. The lowest BCUT2D eigenvalue weighted by atomic mass is 10.3. The van der Waals surface area contributed by atoms with E-state index >= 15 is 0 Å². The monoisotopic (exact) mass is 311 g/mol. The third kappa shape index (κ3) is 2.44. The number of aromatic nitrogens is 2. The fourth-order valence-electron chi connectivity index (χ4n) is 1.25. The number of rotatable bonds is 2. The molecule has 4 heteroatoms. The van der Waals surface area contributed by atoms with Gasteiger partial charge in [-0.2, -0.15) is 0 Å². The van der Waals surface area contributed by atoms with Gasteiger partial charge in [-0.05, 0) is 34.7 Å². The molecule has 0 radical (unpaired) electrons. The van der Waals surface area contributed by atoms with Gasteiger partial charge < -0.3 is 4.90 Å². The smallest absolute Gasteiger partial charge is 0.229 e. The molecule has 0 amide bonds. The van der Waals surface area contributed by atoms with Crippen molar-refractivity contribution in [1.82, 2.24) is 9.97 Å². The molecule has 0 aliphatic rings. The minimum atomic E-state index is 0.710. The molecule has 2 rings (SSSR count). The van der Waals surface area contributed by atoms with Crippen LogP contribution in [-0.4, -0.2) is 17.0 Å². The van der Waals surface area contributed by atoms with Gasteiger partial charge in [0.2, 0.25) is 5.95 Å². The number of benzene rings is 1. The van der Waals surface area contributed by atoms with Crippen molar-refractivity contribution in [3.05, 3.63) is 46.3 Å². The molecule has 15 heavy (non-hydrogen) atoms. The van der Waals surface area contributed by atoms with Gasteiger partial charge in [0.25, 0.3) is 0 Å². The van der Waals surface area contributed by atoms with Crippen molar-refractivity contribution in [2.45, 2.75) is 0 Å². The van der Waals surface area contributed by atoms with E-state index in [0.29, 0.717) is 5.95 Å². The summed E-state index contributed by atoms with van der Waals surface area (Å²) < 4.78 is 1.04. The molecule has 1 aromatic heterocycles. The first-order chi connectivity index (χ1) is 7.27. The van der Waals surface area contributed by atoms with Crippen molar-refractivity contribution in [3.8, 4) is 0 Å². The summed E-state index contributed by atoms with van der Waals surface area (Å²) in [7, 11) is 1.96. The highest BCUT2D eigenvalue weighted by molar-refractivity contribution is 14.1. The van der Waals surface area contributed by atoms with E-state index in [1.807, 2.05) is 54.7 Å². The van der Waals surface area contributed by atoms with Crippen LogP contribution in [0, 0.1) is 3.57 Å². The number of nitrogens with zero attached hydrogens (tertiary/aromatic N) is 3. The number of hydrogen-bond acceptors (Lipinski definition) is 3. The predicted molar refractivity (Wildman–Crippen MR) is 69.3 cm³/mol. The van der Waals surface area contributed by atoms with Crippen molar-refractivity contribution in [2.24, 2.45) is 0 Å². The van der Waals surface area contributed by atoms with E-state index < -0.39 is 0 Å². The summed E-state index contributed by atoms with van der Waals surface area (Å²) in [4.78, 5) is 10.5. The standard InChI is InChI=1S/C11H10IN3/c1-15(10-5-3-2-4-6-10)11-13-7-9(12)8-14-11/h2-8H,1H3. The molecule has 0 N–H and O–H groups in total. The second-order valence-corrected chi connectivity index (χ2v) is 4.34. The second kappa shape index (κ2) is 4.57. The van der Waals surface area contributed by atoms with Crippen LogP contribution in [0.2, 0.25) is 0 Å². The van der Waals surface area contributed by atoms with Crippen LogP contribution in [0.1, 0.15) is 0 Å². The number of halogens is 1. The van der Waals surface area contributed by atoms with Crippen molar-refractivity contribution in [3.63, 3.8) is 0 Å². The molecule has 76 valence electrons. The largest absolute Gasteiger partial charge is 0.314 e. The Morgan fingerprint density at radius 2 is 1.67 bits per heavy atom. The van der Waals surface area contributed by atoms with Crippen LogP contribution >= 0.6 is 22.6 Å². The van der Waals surface area contributed by atoms with E-state index in [4.69, 9.17) is 0 Å². The number of hydrogen-bond donors (Lipinski definition) is 0. The van der Waals surface area contributed by atoms with E-state index in [1.165, 1.54) is 0 Å². The highest BCUT2D eigenvalue weighted by Gasteiger charge is 2.04. The first-order valence-corrected chi connectivity index (χ1v) is 5.61. The van der Waals surface area contributed by atoms with Gasteiger partial charge in [-0.3, -0.25) is 0 Å². The summed E-state index contributed by atoms with van der Waals surface area (Å²) in [6, 6.07) is 10.0. The van der Waals surface area contributed by atoms with Gasteiger partial charge in [-0.1, -0.05) is 18.2 Å². The second-order valence-electron chi connectivity index (χ2n) is 3.10. The lowest BCUT2D eigenvalue weighted by Crippen LogP contribution is -2.12. The molecule has 0 atom stereocenters. The fourth-order valence-corrected chi connectivity index (χ4v) is 1.52. The van der Waals surface area contributed by atoms with E-state index in [9.17, 15) is 0 Å². The molecule has 0 saturated carbocycles. The third-order valence-corrected chi connectivity index (χ3v) is 2.61. The molecule has 3 nitrogen and oxygen atoms in total. The van der Waals surface area contributed by atoms with Crippen LogP contribution in [0.4, 0.5) is 11.6 Å². The zero-order valence-corrected chi connectivity index (χ0v) is 10.4. The van der Waals surface area contributed by atoms with Gasteiger partial charge in [0.15, 0.2) is 0 Å². The molecule has 1 heterocycles. The molecule has 1 aromatic carbocycles. The number of para-hydroxylation sites is 1. The van der Waals surface area contributed by atoms with Gasteiger partial charge in [0.1, 0.15) is 0 Å². The summed E-state index contributed by atoms with van der Waals surface area (Å²) in [6.07, 6.45) is 3.62. The quantitative estimate of drug-likeness (QED) is 0.799. The Morgan fingerprint density at radius 1 is 1.07 bits per heavy atom. The Bertz CT molecular complexity index is 427. The van der Waals surface area contributed by atoms with Gasteiger partial charge >= 0.3 is 0 Å². The van der Waals surface area contributed by atoms with Crippen molar-refractivity contribution < 1.29 is 0 Å². The maximum atomic E-state index is 4.26. The van der Waals surface area contributed by atoms with Gasteiger partial charge in [0.05, 0.1) is 0 Å². The summed E-state index contributed by atoms with van der Waals surface area (Å²) in [5, 5.41) is 0. The molecule has 0 bridgehead atoms. The molecule has 0 aliphatic carbocycles. The highest BCUT2D eigenvalue weighted by atomic mass is 127. The average Bonchev–Trinajstić information content (AvgIpc) is 2.30. The van der Waals surface area contributed by atoms with Gasteiger partial charge in [-0.15, -0.1) is 0 Å². The molecule has 0 aliphatic heterocycles. The van der Waals surface area contributed by atoms with Crippen LogP contribution < -0.4 is 4.90 Å². The SMILES string of the molecule is CN(c1ccccc1)c1ncc(I)cn1. The molecular formula is C11H10IN3. The van der Waals surface area contributed by atoms with Crippen LogP contribution in [-0.2, 0) is 0 Å². The van der Waals surface area contributed by atoms with E-state index in [0.717, 1.165) is 9.26 Å². The molecule has 0 unspecified atom stereocenters. The minimum Gasteiger partial charge on any atom is -0.314 e. The molecule has 2 aromatic rings. The van der Waals surface area contributed by atoms with Crippen LogP contribution in [0.15, 0.2) is 42.7 Å². The summed E-state index contributed by atoms with van der Waals surface area (Å²) >= 11 is 2.19. The maximum Gasteiger partial charge on any atom is 0.229 e. The minimum absolute atomic E-state index is 0.710. The van der Waals surface area contributed by atoms with E-state index in [2.05, 4.69) is 32.6 Å². The zero-order valence-electron chi connectivity index (χ0n) is 8.26. The van der Waals surface area contributed by atoms with E-state index in [-0.39, 0.29) is 0 Å². The Kier molecular flexibility index (Phi) is 3.15. The van der Waals surface area contributed by atoms with Crippen molar-refractivity contribution in [1.29, 1.82) is 0 Å². The average molecular weight is 311 g/mol. The van der Waals surface area contributed by atoms with Crippen LogP contribution in [0.3, 0.4) is 0 Å². The maximum absolute atomic E-state index is 4.26. The molecule has 0 saturated heterocycles. The topological polar surface area (TPSA) is 29.0 Å². The Hall–Kier alpha value is -1.17. The van der Waals surface area contributed by atoms with Gasteiger partial charge in [-0.25, -0.2) is 9.97 Å². The normalized spacial score (nSPS) is 10.0. The first-order valence-electron chi connectivity index (χ1n) is 4.54. The Morgan fingerprint density at radius 3 is 2.27 bits per heavy atom. The molecule has 0 fully saturated rings. The van der Waals surface area contributed by atoms with Crippen LogP contribution in [0.5, 0.6) is 0 Å². The van der Waals surface area contributed by atoms with Crippen molar-refractivity contribution >= 4 is 34.2 Å². The Labute approximate surface area is 102 Å². The zero-order chi connectivity index (χ0) is 10.7. The van der Waals surface area contributed by atoms with Crippen LogP contribution in [0.25, 0.3) is 0 Å². The summed E-state index contributed by atoms with van der Waals surface area (Å²) in [6.45, 7) is 0. The first kappa shape index (κ1) is 10.4. The molecular weight excluding hydrogens is 301 g/mol. The lowest BCUT2D eigenvalue weighted by Gasteiger charge is -2.16. The van der Waals surface area contributed by atoms with Crippen molar-refractivity contribution in [2.75, 3.05) is 11.9 Å². The summed E-state index contributed by atoms with van der Waals surface area (Å²) in [5.41, 5.74) is 1.08. The number of anilines is 2. The van der Waals surface area contributed by atoms with Gasteiger partial charge in [0, 0.05) is 28.7 Å².